The lowest BCUT2D eigenvalue weighted by Crippen LogP contribution is -2.40. The van der Waals surface area contributed by atoms with E-state index < -0.39 is 22.0 Å². The van der Waals surface area contributed by atoms with Crippen LogP contribution >= 0.6 is 11.6 Å². The van der Waals surface area contributed by atoms with Crippen molar-refractivity contribution >= 4 is 44.2 Å². The van der Waals surface area contributed by atoms with E-state index in [0.717, 1.165) is 40.6 Å². The van der Waals surface area contributed by atoms with E-state index in [2.05, 4.69) is 0 Å². The Morgan fingerprint density at radius 2 is 1.68 bits per heavy atom. The van der Waals surface area contributed by atoms with Crippen LogP contribution in [0.25, 0.3) is 16.6 Å². The molecule has 0 saturated heterocycles. The fourth-order valence-corrected chi connectivity index (χ4v) is 6.66. The number of carbonyl (C=O) groups is 1. The van der Waals surface area contributed by atoms with Crippen LogP contribution in [0.1, 0.15) is 49.0 Å². The molecular formula is C29H29ClN2O4S. The number of anilines is 1. The van der Waals surface area contributed by atoms with Crippen LogP contribution in [0.5, 0.6) is 0 Å². The molecule has 0 aliphatic carbocycles. The minimum Gasteiger partial charge on any atom is -0.466 e. The third-order valence-corrected chi connectivity index (χ3v) is 8.80. The van der Waals surface area contributed by atoms with E-state index in [0.29, 0.717) is 23.0 Å². The lowest BCUT2D eigenvalue weighted by Gasteiger charge is -2.38. The molecule has 0 saturated carbocycles. The summed E-state index contributed by atoms with van der Waals surface area (Å²) in [5.41, 5.74) is 4.71. The Balaban J connectivity index is 1.74. The van der Waals surface area contributed by atoms with E-state index in [-0.39, 0.29) is 11.3 Å². The van der Waals surface area contributed by atoms with Crippen molar-refractivity contribution in [3.05, 3.63) is 88.6 Å². The van der Waals surface area contributed by atoms with Gasteiger partial charge in [-0.2, -0.15) is 0 Å². The second-order valence-corrected chi connectivity index (χ2v) is 11.8. The minimum absolute atomic E-state index is 0.119. The zero-order chi connectivity index (χ0) is 26.3. The van der Waals surface area contributed by atoms with Gasteiger partial charge in [-0.25, -0.2) is 8.42 Å². The van der Waals surface area contributed by atoms with Gasteiger partial charge in [0.05, 0.1) is 40.9 Å². The SMILES string of the molecule is CCCCOC(=O)CC1c2cc3ccc(Cl)cc3n2-c2cc(C)ccc2N1S(=O)(=O)c1ccc(C)cc1. The molecule has 0 spiro atoms. The van der Waals surface area contributed by atoms with Gasteiger partial charge in [-0.05, 0) is 68.3 Å². The molecule has 0 N–H and O–H groups in total. The van der Waals surface area contributed by atoms with Crippen molar-refractivity contribution in [2.75, 3.05) is 10.9 Å². The van der Waals surface area contributed by atoms with Gasteiger partial charge in [-0.1, -0.05) is 54.8 Å². The number of fused-ring (bicyclic) bond motifs is 5. The van der Waals surface area contributed by atoms with Crippen molar-refractivity contribution in [3.63, 3.8) is 0 Å². The number of hydrogen-bond donors (Lipinski definition) is 0. The smallest absolute Gasteiger partial charge is 0.308 e. The molecule has 192 valence electrons. The molecule has 1 aromatic heterocycles. The summed E-state index contributed by atoms with van der Waals surface area (Å²) in [5.74, 6) is -0.437. The molecule has 0 fully saturated rings. The van der Waals surface area contributed by atoms with E-state index in [1.54, 1.807) is 24.3 Å². The van der Waals surface area contributed by atoms with Gasteiger partial charge >= 0.3 is 5.97 Å². The highest BCUT2D eigenvalue weighted by molar-refractivity contribution is 7.92. The van der Waals surface area contributed by atoms with Crippen LogP contribution in [0, 0.1) is 13.8 Å². The van der Waals surface area contributed by atoms with Crippen LogP contribution < -0.4 is 4.31 Å². The molecule has 4 aromatic rings. The first-order valence-electron chi connectivity index (χ1n) is 12.4. The number of nitrogens with zero attached hydrogens (tertiary/aromatic N) is 2. The fraction of sp³-hybridized carbons (Fsp3) is 0.276. The number of sulfonamides is 1. The topological polar surface area (TPSA) is 68.6 Å². The molecule has 1 unspecified atom stereocenters. The third kappa shape index (κ3) is 4.62. The highest BCUT2D eigenvalue weighted by Gasteiger charge is 2.41. The van der Waals surface area contributed by atoms with Gasteiger partial charge < -0.3 is 9.30 Å². The summed E-state index contributed by atoms with van der Waals surface area (Å²) < 4.78 is 37.3. The highest BCUT2D eigenvalue weighted by Crippen LogP contribution is 2.47. The van der Waals surface area contributed by atoms with E-state index in [1.807, 2.05) is 67.8 Å². The van der Waals surface area contributed by atoms with E-state index in [4.69, 9.17) is 16.3 Å². The summed E-state index contributed by atoms with van der Waals surface area (Å²) in [4.78, 5) is 13.2. The minimum atomic E-state index is -4.03. The first-order valence-corrected chi connectivity index (χ1v) is 14.2. The van der Waals surface area contributed by atoms with Crippen molar-refractivity contribution < 1.29 is 17.9 Å². The first-order chi connectivity index (χ1) is 17.7. The Labute approximate surface area is 222 Å². The molecular weight excluding hydrogens is 508 g/mol. The van der Waals surface area contributed by atoms with Crippen LogP contribution in [0.15, 0.2) is 71.6 Å². The molecule has 3 aromatic carbocycles. The number of carbonyl (C=O) groups excluding carboxylic acids is 1. The number of hydrogen-bond acceptors (Lipinski definition) is 4. The second-order valence-electron chi connectivity index (χ2n) is 9.51. The zero-order valence-electron chi connectivity index (χ0n) is 21.1. The largest absolute Gasteiger partial charge is 0.466 e. The molecule has 6 nitrogen and oxygen atoms in total. The van der Waals surface area contributed by atoms with Gasteiger partial charge in [0.1, 0.15) is 0 Å². The van der Waals surface area contributed by atoms with Crippen LogP contribution in [0.4, 0.5) is 5.69 Å². The number of unbranched alkanes of at least 4 members (excludes halogenated alkanes) is 1. The summed E-state index contributed by atoms with van der Waals surface area (Å²) in [6.45, 7) is 6.21. The number of aromatic nitrogens is 1. The zero-order valence-corrected chi connectivity index (χ0v) is 22.6. The number of ether oxygens (including phenoxy) is 1. The molecule has 1 atom stereocenters. The quantitative estimate of drug-likeness (QED) is 0.190. The maximum atomic E-state index is 14.2. The van der Waals surface area contributed by atoms with Crippen molar-refractivity contribution in [2.24, 2.45) is 0 Å². The predicted molar refractivity (Wildman–Crippen MR) is 147 cm³/mol. The standard InChI is InChI=1S/C29H29ClN2O4S/c1-4-5-14-36-29(33)18-28-27-16-21-9-10-22(30)17-25(21)31(27)26-15-20(3)8-13-24(26)32(28)37(34,35)23-11-6-19(2)7-12-23/h6-13,15-17,28H,4-5,14,18H2,1-3H3. The molecule has 8 heteroatoms. The lowest BCUT2D eigenvalue weighted by atomic mass is 10.0. The van der Waals surface area contributed by atoms with E-state index >= 15 is 0 Å². The normalized spacial score (nSPS) is 14.9. The molecule has 2 heterocycles. The number of benzene rings is 3. The Morgan fingerprint density at radius 3 is 2.41 bits per heavy atom. The highest BCUT2D eigenvalue weighted by atomic mass is 35.5. The van der Waals surface area contributed by atoms with Crippen LogP contribution in [-0.4, -0.2) is 25.6 Å². The molecule has 37 heavy (non-hydrogen) atoms. The van der Waals surface area contributed by atoms with Gasteiger partial charge in [-0.15, -0.1) is 0 Å². The van der Waals surface area contributed by atoms with E-state index in [1.165, 1.54) is 4.31 Å². The lowest BCUT2D eigenvalue weighted by molar-refractivity contribution is -0.144. The molecule has 0 amide bonds. The number of aryl methyl sites for hydroxylation is 2. The second kappa shape index (κ2) is 9.88. The Kier molecular flexibility index (Phi) is 6.77. The average Bonchev–Trinajstić information content (AvgIpc) is 3.23. The van der Waals surface area contributed by atoms with Crippen LogP contribution in [0.2, 0.25) is 5.02 Å². The molecule has 0 radical (unpaired) electrons. The monoisotopic (exact) mass is 536 g/mol. The van der Waals surface area contributed by atoms with E-state index in [9.17, 15) is 13.2 Å². The Bertz CT molecular complexity index is 1590. The van der Waals surface area contributed by atoms with Crippen molar-refractivity contribution in [1.29, 1.82) is 0 Å². The van der Waals surface area contributed by atoms with Gasteiger partial charge in [0, 0.05) is 16.1 Å². The maximum Gasteiger partial charge on any atom is 0.308 e. The molecule has 0 bridgehead atoms. The summed E-state index contributed by atoms with van der Waals surface area (Å²) in [7, 11) is -4.03. The van der Waals surface area contributed by atoms with Crippen LogP contribution in [-0.2, 0) is 19.6 Å². The molecule has 5 rings (SSSR count). The van der Waals surface area contributed by atoms with Gasteiger partial charge in [0.2, 0.25) is 0 Å². The summed E-state index contributed by atoms with van der Waals surface area (Å²) >= 11 is 6.37. The average molecular weight is 537 g/mol. The number of esters is 1. The predicted octanol–water partition coefficient (Wildman–Crippen LogP) is 6.88. The van der Waals surface area contributed by atoms with Gasteiger partial charge in [0.25, 0.3) is 10.0 Å². The maximum absolute atomic E-state index is 14.2. The summed E-state index contributed by atoms with van der Waals surface area (Å²) in [6, 6.07) is 19.2. The third-order valence-electron chi connectivity index (χ3n) is 6.73. The van der Waals surface area contributed by atoms with Crippen molar-refractivity contribution in [3.8, 4) is 5.69 Å². The Morgan fingerprint density at radius 1 is 0.946 bits per heavy atom. The molecule has 1 aliphatic rings. The molecule has 1 aliphatic heterocycles. The van der Waals surface area contributed by atoms with Crippen LogP contribution in [0.3, 0.4) is 0 Å². The Hall–Kier alpha value is -3.29. The summed E-state index contributed by atoms with van der Waals surface area (Å²) in [6.07, 6.45) is 1.53. The number of halogens is 1. The van der Waals surface area contributed by atoms with Crippen molar-refractivity contribution in [1.82, 2.24) is 4.57 Å². The first kappa shape index (κ1) is 25.4. The summed E-state index contributed by atoms with van der Waals surface area (Å²) in [5, 5.41) is 1.48. The van der Waals surface area contributed by atoms with Gasteiger partial charge in [-0.3, -0.25) is 9.10 Å². The fourth-order valence-electron chi connectivity index (χ4n) is 4.85. The number of rotatable bonds is 7. The van der Waals surface area contributed by atoms with Crippen molar-refractivity contribution in [2.45, 2.75) is 51.0 Å². The van der Waals surface area contributed by atoms with Gasteiger partial charge in [0.15, 0.2) is 0 Å².